The summed E-state index contributed by atoms with van der Waals surface area (Å²) < 4.78 is 11.1. The first-order chi connectivity index (χ1) is 11.3. The van der Waals surface area contributed by atoms with E-state index in [-0.39, 0.29) is 0 Å². The molecule has 0 aromatic heterocycles. The Bertz CT molecular complexity index is 517. The lowest BCUT2D eigenvalue weighted by Gasteiger charge is -2.20. The number of nitrogens with one attached hydrogen (secondary N) is 1. The first-order valence-corrected chi connectivity index (χ1v) is 9.76. The second-order valence-corrected chi connectivity index (χ2v) is 7.79. The van der Waals surface area contributed by atoms with Gasteiger partial charge in [0.15, 0.2) is 0 Å². The largest absolute Gasteiger partial charge is 0.493 e. The van der Waals surface area contributed by atoms with Gasteiger partial charge < -0.3 is 14.8 Å². The van der Waals surface area contributed by atoms with E-state index in [0.717, 1.165) is 29.5 Å². The standard InChI is InChI=1S/C18H27BrClNO3/c1-18(2,3)24-17(22)21-13-14-12-15(20)8-9-16(14)23-11-7-5-4-6-10-19/h8-9,12H,4-7,10-11,13H2,1-3H3,(H,21,22). The van der Waals surface area contributed by atoms with Crippen molar-refractivity contribution in [3.05, 3.63) is 28.8 Å². The van der Waals surface area contributed by atoms with E-state index in [2.05, 4.69) is 21.2 Å². The highest BCUT2D eigenvalue weighted by Gasteiger charge is 2.16. The van der Waals surface area contributed by atoms with Gasteiger partial charge in [-0.2, -0.15) is 0 Å². The van der Waals surface area contributed by atoms with Gasteiger partial charge in [-0.05, 0) is 51.8 Å². The SMILES string of the molecule is CC(C)(C)OC(=O)NCc1cc(Cl)ccc1OCCCCCCBr. The van der Waals surface area contributed by atoms with Gasteiger partial charge in [0, 0.05) is 22.5 Å². The van der Waals surface area contributed by atoms with E-state index in [9.17, 15) is 4.79 Å². The zero-order valence-electron chi connectivity index (χ0n) is 14.7. The molecule has 1 aromatic rings. The van der Waals surface area contributed by atoms with Gasteiger partial charge in [0.05, 0.1) is 6.61 Å². The Morgan fingerprint density at radius 1 is 1.21 bits per heavy atom. The molecular formula is C18H27BrClNO3. The molecule has 0 spiro atoms. The highest BCUT2D eigenvalue weighted by Crippen LogP contribution is 2.23. The van der Waals surface area contributed by atoms with Gasteiger partial charge in [-0.15, -0.1) is 0 Å². The third-order valence-electron chi connectivity index (χ3n) is 3.13. The molecule has 136 valence electrons. The van der Waals surface area contributed by atoms with Gasteiger partial charge >= 0.3 is 6.09 Å². The summed E-state index contributed by atoms with van der Waals surface area (Å²) in [6.45, 7) is 6.46. The first-order valence-electron chi connectivity index (χ1n) is 8.26. The molecule has 0 aliphatic heterocycles. The molecule has 0 unspecified atom stereocenters. The number of alkyl carbamates (subject to hydrolysis) is 1. The van der Waals surface area contributed by atoms with Gasteiger partial charge in [0.2, 0.25) is 0 Å². The fourth-order valence-corrected chi connectivity index (χ4v) is 2.63. The van der Waals surface area contributed by atoms with Gasteiger partial charge in [0.25, 0.3) is 0 Å². The number of carbonyl (C=O) groups excluding carboxylic acids is 1. The van der Waals surface area contributed by atoms with Crippen LogP contribution in [0.5, 0.6) is 5.75 Å². The van der Waals surface area contributed by atoms with Crippen molar-refractivity contribution in [3.63, 3.8) is 0 Å². The van der Waals surface area contributed by atoms with E-state index in [1.807, 2.05) is 26.8 Å². The highest BCUT2D eigenvalue weighted by atomic mass is 79.9. The van der Waals surface area contributed by atoms with Crippen molar-refractivity contribution in [2.75, 3.05) is 11.9 Å². The average molecular weight is 421 g/mol. The Balaban J connectivity index is 2.50. The van der Waals surface area contributed by atoms with Crippen molar-refractivity contribution in [1.29, 1.82) is 0 Å². The Hall–Kier alpha value is -0.940. The lowest BCUT2D eigenvalue weighted by Crippen LogP contribution is -2.32. The van der Waals surface area contributed by atoms with E-state index < -0.39 is 11.7 Å². The van der Waals surface area contributed by atoms with Crippen LogP contribution in [-0.4, -0.2) is 23.6 Å². The molecule has 0 aliphatic carbocycles. The van der Waals surface area contributed by atoms with Crippen LogP contribution in [0, 0.1) is 0 Å². The summed E-state index contributed by atoms with van der Waals surface area (Å²) in [5.41, 5.74) is 0.321. The summed E-state index contributed by atoms with van der Waals surface area (Å²) in [7, 11) is 0. The first kappa shape index (κ1) is 21.1. The monoisotopic (exact) mass is 419 g/mol. The molecule has 24 heavy (non-hydrogen) atoms. The fraction of sp³-hybridized carbons (Fsp3) is 0.611. The molecule has 0 radical (unpaired) electrons. The molecule has 0 heterocycles. The minimum Gasteiger partial charge on any atom is -0.493 e. The van der Waals surface area contributed by atoms with Crippen LogP contribution >= 0.6 is 27.5 Å². The van der Waals surface area contributed by atoms with Gasteiger partial charge in [-0.25, -0.2) is 4.79 Å². The van der Waals surface area contributed by atoms with Crippen molar-refractivity contribution in [2.24, 2.45) is 0 Å². The number of hydrogen-bond donors (Lipinski definition) is 1. The maximum Gasteiger partial charge on any atom is 0.407 e. The van der Waals surface area contributed by atoms with Crippen molar-refractivity contribution in [2.45, 2.75) is 58.6 Å². The van der Waals surface area contributed by atoms with Crippen LogP contribution in [0.2, 0.25) is 5.02 Å². The molecule has 0 saturated carbocycles. The number of amides is 1. The van der Waals surface area contributed by atoms with E-state index in [4.69, 9.17) is 21.1 Å². The zero-order chi connectivity index (χ0) is 18.0. The topological polar surface area (TPSA) is 47.6 Å². The van der Waals surface area contributed by atoms with Crippen LogP contribution in [0.25, 0.3) is 0 Å². The molecule has 6 heteroatoms. The highest BCUT2D eigenvalue weighted by molar-refractivity contribution is 9.09. The molecule has 4 nitrogen and oxygen atoms in total. The molecule has 0 fully saturated rings. The number of rotatable bonds is 9. The van der Waals surface area contributed by atoms with Crippen LogP contribution in [-0.2, 0) is 11.3 Å². The predicted molar refractivity (Wildman–Crippen MR) is 102 cm³/mol. The number of ether oxygens (including phenoxy) is 2. The van der Waals surface area contributed by atoms with Crippen molar-refractivity contribution < 1.29 is 14.3 Å². The summed E-state index contributed by atoms with van der Waals surface area (Å²) in [6, 6.07) is 5.44. The van der Waals surface area contributed by atoms with Crippen LogP contribution in [0.15, 0.2) is 18.2 Å². The third-order valence-corrected chi connectivity index (χ3v) is 3.93. The molecule has 0 bridgehead atoms. The Morgan fingerprint density at radius 3 is 2.58 bits per heavy atom. The van der Waals surface area contributed by atoms with Crippen LogP contribution < -0.4 is 10.1 Å². The summed E-state index contributed by atoms with van der Waals surface area (Å²) in [5, 5.41) is 4.40. The molecule has 1 rings (SSSR count). The molecule has 1 N–H and O–H groups in total. The number of benzene rings is 1. The molecule has 1 amide bonds. The number of halogens is 2. The van der Waals surface area contributed by atoms with Crippen molar-refractivity contribution in [3.8, 4) is 5.75 Å². The lowest BCUT2D eigenvalue weighted by molar-refractivity contribution is 0.0523. The van der Waals surface area contributed by atoms with Gasteiger partial charge in [0.1, 0.15) is 11.4 Å². The van der Waals surface area contributed by atoms with Gasteiger partial charge in [-0.3, -0.25) is 0 Å². The predicted octanol–water partition coefficient (Wildman–Crippen LogP) is 5.70. The zero-order valence-corrected chi connectivity index (χ0v) is 17.0. The number of carbonyl (C=O) groups is 1. The summed E-state index contributed by atoms with van der Waals surface area (Å²) >= 11 is 9.48. The van der Waals surface area contributed by atoms with Crippen LogP contribution in [0.4, 0.5) is 4.79 Å². The van der Waals surface area contributed by atoms with E-state index >= 15 is 0 Å². The van der Waals surface area contributed by atoms with Crippen LogP contribution in [0.3, 0.4) is 0 Å². The van der Waals surface area contributed by atoms with E-state index in [0.29, 0.717) is 18.2 Å². The average Bonchev–Trinajstić information content (AvgIpc) is 2.48. The quantitative estimate of drug-likeness (QED) is 0.412. The molecule has 0 saturated heterocycles. The summed E-state index contributed by atoms with van der Waals surface area (Å²) in [5.74, 6) is 0.746. The number of alkyl halides is 1. The summed E-state index contributed by atoms with van der Waals surface area (Å²) in [6.07, 6.45) is 4.08. The maximum absolute atomic E-state index is 11.8. The molecule has 0 atom stereocenters. The number of hydrogen-bond acceptors (Lipinski definition) is 3. The van der Waals surface area contributed by atoms with E-state index in [1.54, 1.807) is 12.1 Å². The molecule has 1 aromatic carbocycles. The Labute approximate surface area is 158 Å². The second-order valence-electron chi connectivity index (χ2n) is 6.56. The third kappa shape index (κ3) is 9.38. The Morgan fingerprint density at radius 2 is 1.92 bits per heavy atom. The smallest absolute Gasteiger partial charge is 0.407 e. The van der Waals surface area contributed by atoms with Crippen molar-refractivity contribution in [1.82, 2.24) is 5.32 Å². The molecular weight excluding hydrogens is 394 g/mol. The Kier molecular flexibility index (Phi) is 9.52. The maximum atomic E-state index is 11.8. The number of unbranched alkanes of at least 4 members (excludes halogenated alkanes) is 3. The lowest BCUT2D eigenvalue weighted by atomic mass is 10.2. The van der Waals surface area contributed by atoms with Gasteiger partial charge in [-0.1, -0.05) is 40.4 Å². The van der Waals surface area contributed by atoms with E-state index in [1.165, 1.54) is 12.8 Å². The van der Waals surface area contributed by atoms with Crippen LogP contribution in [0.1, 0.15) is 52.0 Å². The second kappa shape index (κ2) is 10.8. The summed E-state index contributed by atoms with van der Waals surface area (Å²) in [4.78, 5) is 11.8. The fourth-order valence-electron chi connectivity index (χ4n) is 2.04. The van der Waals surface area contributed by atoms with Crippen molar-refractivity contribution >= 4 is 33.6 Å². The normalized spacial score (nSPS) is 11.2. The minimum absolute atomic E-state index is 0.314. The molecule has 0 aliphatic rings. The minimum atomic E-state index is -0.521.